The van der Waals surface area contributed by atoms with Crippen molar-refractivity contribution in [2.45, 2.75) is 4.90 Å². The number of carbonyl (C=O) groups is 1. The molecule has 0 amide bonds. The predicted octanol–water partition coefficient (Wildman–Crippen LogP) is 3.65. The lowest BCUT2D eigenvalue weighted by molar-refractivity contribution is 0.103. The lowest BCUT2D eigenvalue weighted by Crippen LogP contribution is -2.01. The van der Waals surface area contributed by atoms with E-state index in [-0.39, 0.29) is 5.78 Å². The van der Waals surface area contributed by atoms with Crippen LogP contribution in [-0.2, 0) is 0 Å². The number of carbonyl (C=O) groups excluding carboxylic acids is 1. The molecule has 0 radical (unpaired) electrons. The molecule has 2 rings (SSSR count). The molecule has 2 aromatic rings. The highest BCUT2D eigenvalue weighted by Gasteiger charge is 2.10. The Morgan fingerprint density at radius 2 is 1.72 bits per heavy atom. The van der Waals surface area contributed by atoms with Crippen LogP contribution in [0.4, 0.5) is 0 Å². The molecule has 2 nitrogen and oxygen atoms in total. The fourth-order valence-electron chi connectivity index (χ4n) is 1.70. The zero-order chi connectivity index (χ0) is 13.0. The van der Waals surface area contributed by atoms with E-state index in [0.717, 1.165) is 4.90 Å². The van der Waals surface area contributed by atoms with E-state index in [1.807, 2.05) is 42.7 Å². The van der Waals surface area contributed by atoms with E-state index in [2.05, 4.69) is 0 Å². The zero-order valence-electron chi connectivity index (χ0n) is 10.3. The van der Waals surface area contributed by atoms with E-state index in [1.165, 1.54) is 0 Å². The molecule has 0 bridgehead atoms. The summed E-state index contributed by atoms with van der Waals surface area (Å²) in [7, 11) is 1.60. The quantitative estimate of drug-likeness (QED) is 0.618. The fourth-order valence-corrected chi connectivity index (χ4v) is 2.15. The van der Waals surface area contributed by atoms with Crippen LogP contribution in [0, 0.1) is 0 Å². The van der Waals surface area contributed by atoms with Crippen molar-refractivity contribution in [1.82, 2.24) is 0 Å². The van der Waals surface area contributed by atoms with Crippen LogP contribution >= 0.6 is 11.8 Å². The first-order chi connectivity index (χ1) is 8.74. The molecule has 0 N–H and O–H groups in total. The average Bonchev–Trinajstić information content (AvgIpc) is 2.46. The maximum Gasteiger partial charge on any atom is 0.193 e. The number of methoxy groups -OCH3 is 1. The molecule has 92 valence electrons. The summed E-state index contributed by atoms with van der Waals surface area (Å²) in [4.78, 5) is 13.4. The highest BCUT2D eigenvalue weighted by Crippen LogP contribution is 2.20. The van der Waals surface area contributed by atoms with Gasteiger partial charge in [-0.3, -0.25) is 4.79 Å². The Morgan fingerprint density at radius 1 is 1.06 bits per heavy atom. The van der Waals surface area contributed by atoms with Crippen LogP contribution in [0.5, 0.6) is 5.75 Å². The number of hydrogen-bond donors (Lipinski definition) is 0. The molecule has 0 unspecified atom stereocenters. The smallest absolute Gasteiger partial charge is 0.193 e. The third-order valence-corrected chi connectivity index (χ3v) is 3.39. The lowest BCUT2D eigenvalue weighted by atomic mass is 10.0. The molecule has 0 saturated carbocycles. The average molecular weight is 258 g/mol. The number of benzene rings is 2. The third kappa shape index (κ3) is 2.74. The summed E-state index contributed by atoms with van der Waals surface area (Å²) in [6.45, 7) is 0. The molecule has 0 saturated heterocycles. The summed E-state index contributed by atoms with van der Waals surface area (Å²) < 4.78 is 5.13. The van der Waals surface area contributed by atoms with Gasteiger partial charge in [-0.2, -0.15) is 0 Å². The van der Waals surface area contributed by atoms with Gasteiger partial charge in [-0.05, 0) is 30.5 Å². The van der Waals surface area contributed by atoms with Crippen molar-refractivity contribution in [3.05, 3.63) is 59.7 Å². The van der Waals surface area contributed by atoms with Crippen molar-refractivity contribution >= 4 is 17.5 Å². The Balaban J connectivity index is 2.34. The predicted molar refractivity (Wildman–Crippen MR) is 74.6 cm³/mol. The van der Waals surface area contributed by atoms with Gasteiger partial charge in [0.05, 0.1) is 7.11 Å². The van der Waals surface area contributed by atoms with Crippen molar-refractivity contribution < 1.29 is 9.53 Å². The van der Waals surface area contributed by atoms with Gasteiger partial charge in [-0.15, -0.1) is 11.8 Å². The van der Waals surface area contributed by atoms with E-state index in [0.29, 0.717) is 16.9 Å². The maximum atomic E-state index is 12.3. The van der Waals surface area contributed by atoms with Crippen molar-refractivity contribution in [3.63, 3.8) is 0 Å². The van der Waals surface area contributed by atoms with Gasteiger partial charge in [-0.1, -0.05) is 24.3 Å². The van der Waals surface area contributed by atoms with Gasteiger partial charge in [0, 0.05) is 16.0 Å². The van der Waals surface area contributed by atoms with Gasteiger partial charge in [0.1, 0.15) is 5.75 Å². The second-order valence-corrected chi connectivity index (χ2v) is 4.67. The monoisotopic (exact) mass is 258 g/mol. The Morgan fingerprint density at radius 3 is 2.39 bits per heavy atom. The van der Waals surface area contributed by atoms with Crippen LogP contribution in [0.1, 0.15) is 15.9 Å². The topological polar surface area (TPSA) is 26.3 Å². The summed E-state index contributed by atoms with van der Waals surface area (Å²) in [5, 5.41) is 0. The van der Waals surface area contributed by atoms with E-state index in [4.69, 9.17) is 4.74 Å². The first-order valence-electron chi connectivity index (χ1n) is 5.57. The summed E-state index contributed by atoms with van der Waals surface area (Å²) in [6, 6.07) is 14.9. The third-order valence-electron chi connectivity index (χ3n) is 2.66. The SMILES string of the molecule is COc1cccc(C(=O)c2cccc(SC)c2)c1. The molecule has 0 spiro atoms. The van der Waals surface area contributed by atoms with Crippen molar-refractivity contribution in [2.75, 3.05) is 13.4 Å². The van der Waals surface area contributed by atoms with Gasteiger partial charge in [0.25, 0.3) is 0 Å². The van der Waals surface area contributed by atoms with E-state index < -0.39 is 0 Å². The number of rotatable bonds is 4. The van der Waals surface area contributed by atoms with Gasteiger partial charge in [0.2, 0.25) is 0 Å². The molecular formula is C15H14O2S. The minimum atomic E-state index is 0.0183. The van der Waals surface area contributed by atoms with Gasteiger partial charge < -0.3 is 4.74 Å². The van der Waals surface area contributed by atoms with Crippen molar-refractivity contribution in [2.24, 2.45) is 0 Å². The fraction of sp³-hybridized carbons (Fsp3) is 0.133. The normalized spacial score (nSPS) is 10.1. The molecular weight excluding hydrogens is 244 g/mol. The van der Waals surface area contributed by atoms with Crippen LogP contribution in [0.25, 0.3) is 0 Å². The maximum absolute atomic E-state index is 12.3. The molecule has 0 atom stereocenters. The highest BCUT2D eigenvalue weighted by molar-refractivity contribution is 7.98. The summed E-state index contributed by atoms with van der Waals surface area (Å²) >= 11 is 1.63. The number of ketones is 1. The summed E-state index contributed by atoms with van der Waals surface area (Å²) in [6.07, 6.45) is 2.00. The van der Waals surface area contributed by atoms with E-state index in [9.17, 15) is 4.79 Å². The molecule has 0 heterocycles. The van der Waals surface area contributed by atoms with Crippen molar-refractivity contribution in [1.29, 1.82) is 0 Å². The summed E-state index contributed by atoms with van der Waals surface area (Å²) in [5.74, 6) is 0.715. The number of ether oxygens (including phenoxy) is 1. The van der Waals surface area contributed by atoms with Crippen molar-refractivity contribution in [3.8, 4) is 5.75 Å². The van der Waals surface area contributed by atoms with E-state index in [1.54, 1.807) is 31.0 Å². The summed E-state index contributed by atoms with van der Waals surface area (Å²) in [5.41, 5.74) is 1.35. The molecule has 2 aromatic carbocycles. The molecule has 0 aliphatic heterocycles. The first kappa shape index (κ1) is 12.7. The van der Waals surface area contributed by atoms with Crippen LogP contribution in [0.15, 0.2) is 53.4 Å². The minimum Gasteiger partial charge on any atom is -0.497 e. The van der Waals surface area contributed by atoms with Gasteiger partial charge in [0.15, 0.2) is 5.78 Å². The van der Waals surface area contributed by atoms with Gasteiger partial charge >= 0.3 is 0 Å². The second kappa shape index (κ2) is 5.74. The first-order valence-corrected chi connectivity index (χ1v) is 6.80. The van der Waals surface area contributed by atoms with Gasteiger partial charge in [-0.25, -0.2) is 0 Å². The lowest BCUT2D eigenvalue weighted by Gasteiger charge is -2.05. The molecule has 0 aromatic heterocycles. The van der Waals surface area contributed by atoms with Crippen LogP contribution in [0.2, 0.25) is 0 Å². The van der Waals surface area contributed by atoms with Crippen LogP contribution in [0.3, 0.4) is 0 Å². The van der Waals surface area contributed by atoms with Crippen LogP contribution < -0.4 is 4.74 Å². The van der Waals surface area contributed by atoms with Crippen LogP contribution in [-0.4, -0.2) is 19.1 Å². The Bertz CT molecular complexity index is 514. The molecule has 3 heteroatoms. The number of hydrogen-bond acceptors (Lipinski definition) is 3. The second-order valence-electron chi connectivity index (χ2n) is 3.79. The van der Waals surface area contributed by atoms with E-state index >= 15 is 0 Å². The standard InChI is InChI=1S/C15H14O2S/c1-17-13-7-3-5-11(9-13)15(16)12-6-4-8-14(10-12)18-2/h3-10H,1-2H3. The number of thioether (sulfide) groups is 1. The molecule has 0 aliphatic rings. The Labute approximate surface area is 111 Å². The Hall–Kier alpha value is -1.74. The minimum absolute atomic E-state index is 0.0183. The largest absolute Gasteiger partial charge is 0.497 e. The Kier molecular flexibility index (Phi) is 4.05. The molecule has 18 heavy (non-hydrogen) atoms. The highest BCUT2D eigenvalue weighted by atomic mass is 32.2. The molecule has 0 aliphatic carbocycles. The zero-order valence-corrected chi connectivity index (χ0v) is 11.2. The molecule has 0 fully saturated rings.